The van der Waals surface area contributed by atoms with Crippen molar-refractivity contribution >= 4 is 34.9 Å². The summed E-state index contributed by atoms with van der Waals surface area (Å²) in [6, 6.07) is 0.652. The third-order valence-corrected chi connectivity index (χ3v) is 5.68. The summed E-state index contributed by atoms with van der Waals surface area (Å²) in [5.41, 5.74) is 0. The second kappa shape index (κ2) is 10.1. The highest BCUT2D eigenvalue weighted by Gasteiger charge is 2.04. The van der Waals surface area contributed by atoms with Gasteiger partial charge in [-0.1, -0.05) is 48.2 Å². The van der Waals surface area contributed by atoms with Crippen LogP contribution in [0.1, 0.15) is 39.5 Å². The molecule has 104 valence electrons. The summed E-state index contributed by atoms with van der Waals surface area (Å²) < 4.78 is 2.17. The molecule has 1 aromatic heterocycles. The van der Waals surface area contributed by atoms with E-state index in [2.05, 4.69) is 29.4 Å². The fourth-order valence-corrected chi connectivity index (χ4v) is 4.05. The van der Waals surface area contributed by atoms with Gasteiger partial charge in [0.25, 0.3) is 0 Å². The van der Waals surface area contributed by atoms with Gasteiger partial charge in [0, 0.05) is 11.8 Å². The van der Waals surface area contributed by atoms with Crippen LogP contribution in [0.5, 0.6) is 0 Å². The Morgan fingerprint density at radius 3 is 2.72 bits per heavy atom. The van der Waals surface area contributed by atoms with E-state index in [1.165, 1.54) is 25.7 Å². The average Bonchev–Trinajstić information content (AvgIpc) is 2.84. The van der Waals surface area contributed by atoms with E-state index < -0.39 is 0 Å². The molecule has 0 fully saturated rings. The van der Waals surface area contributed by atoms with Gasteiger partial charge in [0.1, 0.15) is 0 Å². The highest BCUT2D eigenvalue weighted by molar-refractivity contribution is 8.02. The number of nitrogens with one attached hydrogen (secondary N) is 1. The molecule has 0 spiro atoms. The van der Waals surface area contributed by atoms with Crippen LogP contribution in [0.3, 0.4) is 0 Å². The minimum absolute atomic E-state index is 0.652. The summed E-state index contributed by atoms with van der Waals surface area (Å²) >= 11 is 5.21. The van der Waals surface area contributed by atoms with E-state index in [4.69, 9.17) is 0 Å². The van der Waals surface area contributed by atoms with Crippen LogP contribution in [0.25, 0.3) is 0 Å². The zero-order valence-electron chi connectivity index (χ0n) is 11.4. The third kappa shape index (κ3) is 6.97. The summed E-state index contributed by atoms with van der Waals surface area (Å²) in [5.74, 6) is 1.16. The van der Waals surface area contributed by atoms with Crippen molar-refractivity contribution in [2.24, 2.45) is 0 Å². The third-order valence-electron chi connectivity index (χ3n) is 2.56. The molecule has 1 heterocycles. The number of rotatable bonds is 10. The van der Waals surface area contributed by atoms with Crippen molar-refractivity contribution in [3.63, 3.8) is 0 Å². The fourth-order valence-electron chi connectivity index (χ4n) is 1.54. The van der Waals surface area contributed by atoms with Crippen LogP contribution in [0.15, 0.2) is 8.68 Å². The van der Waals surface area contributed by atoms with E-state index in [9.17, 15) is 0 Å². The zero-order valence-corrected chi connectivity index (χ0v) is 13.9. The Hall–Kier alpha value is 0.220. The van der Waals surface area contributed by atoms with E-state index in [1.807, 2.05) is 18.0 Å². The molecule has 1 unspecified atom stereocenters. The van der Waals surface area contributed by atoms with Crippen LogP contribution in [0, 0.1) is 0 Å². The molecular formula is C12H23N3S3. The molecule has 0 aliphatic heterocycles. The summed E-state index contributed by atoms with van der Waals surface area (Å²) in [4.78, 5) is 0. The first-order chi connectivity index (χ1) is 8.76. The van der Waals surface area contributed by atoms with Gasteiger partial charge >= 0.3 is 0 Å². The summed E-state index contributed by atoms with van der Waals surface area (Å²) in [7, 11) is 0. The Kier molecular flexibility index (Phi) is 9.10. The quantitative estimate of drug-likeness (QED) is 0.524. The van der Waals surface area contributed by atoms with Crippen LogP contribution in [0.4, 0.5) is 0 Å². The normalized spacial score (nSPS) is 12.8. The zero-order chi connectivity index (χ0) is 13.2. The van der Waals surface area contributed by atoms with Crippen molar-refractivity contribution in [2.45, 2.75) is 54.3 Å². The summed E-state index contributed by atoms with van der Waals surface area (Å²) in [6.45, 7) is 5.62. The molecule has 18 heavy (non-hydrogen) atoms. The predicted molar refractivity (Wildman–Crippen MR) is 84.0 cm³/mol. The second-order valence-corrected chi connectivity index (χ2v) is 7.61. The van der Waals surface area contributed by atoms with Crippen molar-refractivity contribution < 1.29 is 0 Å². The minimum Gasteiger partial charge on any atom is -0.314 e. The summed E-state index contributed by atoms with van der Waals surface area (Å²) in [5, 5.41) is 11.8. The van der Waals surface area contributed by atoms with Crippen LogP contribution < -0.4 is 5.32 Å². The molecule has 1 rings (SSSR count). The van der Waals surface area contributed by atoms with Gasteiger partial charge in [0.2, 0.25) is 0 Å². The van der Waals surface area contributed by atoms with E-state index >= 15 is 0 Å². The Morgan fingerprint density at radius 1 is 1.28 bits per heavy atom. The maximum Gasteiger partial charge on any atom is 0.175 e. The van der Waals surface area contributed by atoms with Gasteiger partial charge in [-0.05, 0) is 39.0 Å². The number of thioether (sulfide) groups is 2. The molecule has 0 aromatic carbocycles. The fraction of sp³-hybridized carbons (Fsp3) is 0.833. The minimum atomic E-state index is 0.652. The Labute approximate surface area is 123 Å². The lowest BCUT2D eigenvalue weighted by Gasteiger charge is -2.12. The van der Waals surface area contributed by atoms with Crippen LogP contribution in [-0.2, 0) is 0 Å². The first kappa shape index (κ1) is 16.3. The molecule has 0 radical (unpaired) electrons. The van der Waals surface area contributed by atoms with Gasteiger partial charge < -0.3 is 5.32 Å². The number of aromatic nitrogens is 2. The van der Waals surface area contributed by atoms with Gasteiger partial charge in [-0.15, -0.1) is 10.2 Å². The molecule has 0 saturated heterocycles. The van der Waals surface area contributed by atoms with Gasteiger partial charge in [0.15, 0.2) is 8.68 Å². The molecule has 0 bridgehead atoms. The lowest BCUT2D eigenvalue weighted by molar-refractivity contribution is 0.496. The van der Waals surface area contributed by atoms with E-state index in [0.29, 0.717) is 6.04 Å². The van der Waals surface area contributed by atoms with Crippen molar-refractivity contribution in [1.82, 2.24) is 15.5 Å². The number of nitrogens with zero attached hydrogens (tertiary/aromatic N) is 2. The Balaban J connectivity index is 2.01. The molecule has 3 nitrogen and oxygen atoms in total. The van der Waals surface area contributed by atoms with E-state index in [-0.39, 0.29) is 0 Å². The monoisotopic (exact) mass is 305 g/mol. The molecule has 0 saturated carbocycles. The lowest BCUT2D eigenvalue weighted by atomic mass is 10.1. The van der Waals surface area contributed by atoms with Crippen molar-refractivity contribution in [3.05, 3.63) is 0 Å². The molecular weight excluding hydrogens is 282 g/mol. The Bertz CT molecular complexity index is 317. The van der Waals surface area contributed by atoms with Gasteiger partial charge in [-0.3, -0.25) is 0 Å². The predicted octanol–water partition coefficient (Wildman–Crippen LogP) is 3.91. The van der Waals surface area contributed by atoms with Crippen LogP contribution in [0.2, 0.25) is 0 Å². The van der Waals surface area contributed by atoms with Gasteiger partial charge in [0.05, 0.1) is 0 Å². The largest absolute Gasteiger partial charge is 0.314 e. The molecule has 0 amide bonds. The van der Waals surface area contributed by atoms with Gasteiger partial charge in [-0.25, -0.2) is 0 Å². The number of hydrogen-bond acceptors (Lipinski definition) is 6. The molecule has 1 N–H and O–H groups in total. The smallest absolute Gasteiger partial charge is 0.175 e. The molecule has 6 heteroatoms. The highest BCUT2D eigenvalue weighted by Crippen LogP contribution is 2.27. The second-order valence-electron chi connectivity index (χ2n) is 4.24. The SMILES string of the molecule is CCCNC(C)CCCCSc1nnc(SC)s1. The number of hydrogen-bond donors (Lipinski definition) is 1. The first-order valence-corrected chi connectivity index (χ1v) is 9.52. The van der Waals surface area contributed by atoms with Crippen molar-refractivity contribution in [1.29, 1.82) is 0 Å². The van der Waals surface area contributed by atoms with Gasteiger partial charge in [-0.2, -0.15) is 0 Å². The first-order valence-electron chi connectivity index (χ1n) is 6.50. The van der Waals surface area contributed by atoms with E-state index in [0.717, 1.165) is 21.0 Å². The van der Waals surface area contributed by atoms with E-state index in [1.54, 1.807) is 23.1 Å². The Morgan fingerprint density at radius 2 is 2.06 bits per heavy atom. The van der Waals surface area contributed by atoms with Crippen molar-refractivity contribution in [2.75, 3.05) is 18.6 Å². The van der Waals surface area contributed by atoms with Crippen LogP contribution in [-0.4, -0.2) is 34.8 Å². The molecule has 1 aromatic rings. The topological polar surface area (TPSA) is 37.8 Å². The van der Waals surface area contributed by atoms with Crippen LogP contribution >= 0.6 is 34.9 Å². The highest BCUT2D eigenvalue weighted by atomic mass is 32.2. The standard InChI is InChI=1S/C12H23N3S3/c1-4-8-13-10(2)7-5-6-9-17-12-15-14-11(16-3)18-12/h10,13H,4-9H2,1-3H3. The lowest BCUT2D eigenvalue weighted by Crippen LogP contribution is -2.26. The van der Waals surface area contributed by atoms with Crippen molar-refractivity contribution in [3.8, 4) is 0 Å². The molecule has 0 aliphatic rings. The summed E-state index contributed by atoms with van der Waals surface area (Å²) in [6.07, 6.45) is 7.08. The average molecular weight is 306 g/mol. The maximum atomic E-state index is 4.16. The molecule has 1 atom stereocenters. The number of unbranched alkanes of at least 4 members (excludes halogenated alkanes) is 1. The maximum absolute atomic E-state index is 4.16. The molecule has 0 aliphatic carbocycles.